The Morgan fingerprint density at radius 2 is 2.05 bits per heavy atom. The van der Waals surface area contributed by atoms with Gasteiger partial charge in [0.05, 0.1) is 11.1 Å². The first-order valence-corrected chi connectivity index (χ1v) is 8.62. The van der Waals surface area contributed by atoms with Gasteiger partial charge in [-0.15, -0.1) is 0 Å². The van der Waals surface area contributed by atoms with Gasteiger partial charge in [0.25, 0.3) is 5.91 Å². The highest BCUT2D eigenvalue weighted by atomic mass is 79.9. The molecule has 1 fully saturated rings. The number of alkyl halides is 1. The molecule has 2 atom stereocenters. The zero-order valence-electron chi connectivity index (χ0n) is 11.9. The number of amides is 1. The fourth-order valence-corrected chi connectivity index (χ4v) is 3.89. The number of benzene rings is 1. The van der Waals surface area contributed by atoms with Crippen LogP contribution in [0.1, 0.15) is 36.0 Å². The van der Waals surface area contributed by atoms with Crippen LogP contribution in [0.5, 0.6) is 0 Å². The Hall–Kier alpha value is -1.42. The number of pyridine rings is 1. The van der Waals surface area contributed by atoms with Crippen LogP contribution in [0.2, 0.25) is 0 Å². The molecule has 2 aromatic rings. The van der Waals surface area contributed by atoms with Crippen LogP contribution in [-0.2, 0) is 0 Å². The van der Waals surface area contributed by atoms with Gasteiger partial charge in [-0.3, -0.25) is 9.78 Å². The molecule has 1 N–H and O–H groups in total. The smallest absolute Gasteiger partial charge is 0.253 e. The normalized spacial score (nSPS) is 22.1. The van der Waals surface area contributed by atoms with Crippen molar-refractivity contribution in [1.29, 1.82) is 0 Å². The molecule has 110 valence electrons. The van der Waals surface area contributed by atoms with Gasteiger partial charge in [-0.1, -0.05) is 47.0 Å². The summed E-state index contributed by atoms with van der Waals surface area (Å²) in [5, 5.41) is 5.17. The van der Waals surface area contributed by atoms with Gasteiger partial charge < -0.3 is 5.32 Å². The monoisotopic (exact) mass is 346 g/mol. The Morgan fingerprint density at radius 3 is 2.90 bits per heavy atom. The number of fused-ring (bicyclic) bond motifs is 1. The maximum atomic E-state index is 12.6. The molecule has 1 amide bonds. The first-order valence-electron chi connectivity index (χ1n) is 7.50. The van der Waals surface area contributed by atoms with Crippen LogP contribution in [0.25, 0.3) is 10.9 Å². The summed E-state index contributed by atoms with van der Waals surface area (Å²) in [7, 11) is 0. The lowest BCUT2D eigenvalue weighted by Gasteiger charge is -2.31. The van der Waals surface area contributed by atoms with E-state index in [-0.39, 0.29) is 11.9 Å². The zero-order valence-corrected chi connectivity index (χ0v) is 13.5. The number of hydrogen-bond acceptors (Lipinski definition) is 2. The maximum absolute atomic E-state index is 12.6. The summed E-state index contributed by atoms with van der Waals surface area (Å²) in [6, 6.07) is 9.91. The van der Waals surface area contributed by atoms with Crippen molar-refractivity contribution in [2.75, 3.05) is 5.33 Å². The minimum Gasteiger partial charge on any atom is -0.349 e. The molecular formula is C17H19BrN2O. The van der Waals surface area contributed by atoms with Crippen LogP contribution < -0.4 is 5.32 Å². The number of nitrogens with one attached hydrogen (secondary N) is 1. The van der Waals surface area contributed by atoms with Gasteiger partial charge in [0, 0.05) is 23.0 Å². The van der Waals surface area contributed by atoms with Crippen LogP contribution in [0, 0.1) is 5.92 Å². The third-order valence-corrected chi connectivity index (χ3v) is 5.13. The quantitative estimate of drug-likeness (QED) is 0.855. The summed E-state index contributed by atoms with van der Waals surface area (Å²) in [6.45, 7) is 0. The van der Waals surface area contributed by atoms with E-state index in [9.17, 15) is 4.79 Å². The Balaban J connectivity index is 1.84. The number of carbonyl (C=O) groups excluding carboxylic acids is 1. The van der Waals surface area contributed by atoms with E-state index in [4.69, 9.17) is 0 Å². The Kier molecular flexibility index (Phi) is 4.54. The van der Waals surface area contributed by atoms with Gasteiger partial charge in [0.15, 0.2) is 0 Å². The van der Waals surface area contributed by atoms with Crippen LogP contribution in [0.3, 0.4) is 0 Å². The second-order valence-electron chi connectivity index (χ2n) is 5.66. The molecule has 1 aliphatic rings. The van der Waals surface area contributed by atoms with E-state index in [1.54, 1.807) is 6.20 Å². The SMILES string of the molecule is O=C(NC1CCCCC1CBr)c1cccc2cccnc12. The van der Waals surface area contributed by atoms with E-state index in [2.05, 4.69) is 26.2 Å². The molecule has 0 bridgehead atoms. The van der Waals surface area contributed by atoms with E-state index in [1.807, 2.05) is 30.3 Å². The first-order chi connectivity index (χ1) is 10.3. The summed E-state index contributed by atoms with van der Waals surface area (Å²) in [6.07, 6.45) is 6.45. The third kappa shape index (κ3) is 3.10. The van der Waals surface area contributed by atoms with Crippen molar-refractivity contribution in [2.24, 2.45) is 5.92 Å². The average molecular weight is 347 g/mol. The topological polar surface area (TPSA) is 42.0 Å². The molecule has 3 rings (SSSR count). The molecule has 1 aromatic heterocycles. The lowest BCUT2D eigenvalue weighted by atomic mass is 9.85. The molecule has 1 aliphatic carbocycles. The molecule has 2 unspecified atom stereocenters. The van der Waals surface area contributed by atoms with Gasteiger partial charge in [-0.2, -0.15) is 0 Å². The number of halogens is 1. The molecule has 0 aliphatic heterocycles. The van der Waals surface area contributed by atoms with E-state index >= 15 is 0 Å². The Bertz CT molecular complexity index is 638. The van der Waals surface area contributed by atoms with Gasteiger partial charge in [0.2, 0.25) is 0 Å². The van der Waals surface area contributed by atoms with E-state index in [1.165, 1.54) is 19.3 Å². The third-order valence-electron chi connectivity index (χ3n) is 4.30. The highest BCUT2D eigenvalue weighted by Crippen LogP contribution is 2.26. The highest BCUT2D eigenvalue weighted by molar-refractivity contribution is 9.09. The minimum absolute atomic E-state index is 0.00264. The summed E-state index contributed by atoms with van der Waals surface area (Å²) < 4.78 is 0. The van der Waals surface area contributed by atoms with E-state index in [0.717, 1.165) is 22.7 Å². The Morgan fingerprint density at radius 1 is 1.24 bits per heavy atom. The average Bonchev–Trinajstić information content (AvgIpc) is 2.54. The van der Waals surface area contributed by atoms with Crippen molar-refractivity contribution in [3.63, 3.8) is 0 Å². The summed E-state index contributed by atoms with van der Waals surface area (Å²) in [5.41, 5.74) is 1.45. The number of hydrogen-bond donors (Lipinski definition) is 1. The van der Waals surface area contributed by atoms with Gasteiger partial charge >= 0.3 is 0 Å². The molecule has 0 radical (unpaired) electrons. The predicted molar refractivity (Wildman–Crippen MR) is 88.7 cm³/mol. The fourth-order valence-electron chi connectivity index (χ4n) is 3.12. The highest BCUT2D eigenvalue weighted by Gasteiger charge is 2.26. The molecule has 1 saturated carbocycles. The van der Waals surface area contributed by atoms with Crippen LogP contribution in [-0.4, -0.2) is 22.3 Å². The van der Waals surface area contributed by atoms with Gasteiger partial charge in [-0.05, 0) is 30.9 Å². The number of rotatable bonds is 3. The fraction of sp³-hybridized carbons (Fsp3) is 0.412. The molecule has 3 nitrogen and oxygen atoms in total. The van der Waals surface area contributed by atoms with Gasteiger partial charge in [-0.25, -0.2) is 0 Å². The minimum atomic E-state index is -0.00264. The molecule has 0 spiro atoms. The van der Waals surface area contributed by atoms with Crippen molar-refractivity contribution in [2.45, 2.75) is 31.7 Å². The number of para-hydroxylation sites is 1. The summed E-state index contributed by atoms with van der Waals surface area (Å²) in [4.78, 5) is 17.0. The summed E-state index contributed by atoms with van der Waals surface area (Å²) in [5.74, 6) is 0.530. The second-order valence-corrected chi connectivity index (χ2v) is 6.31. The predicted octanol–water partition coefficient (Wildman–Crippen LogP) is 3.92. The Labute approximate surface area is 133 Å². The zero-order chi connectivity index (χ0) is 14.7. The van der Waals surface area contributed by atoms with Crippen molar-refractivity contribution >= 4 is 32.7 Å². The first kappa shape index (κ1) is 14.5. The van der Waals surface area contributed by atoms with Crippen LogP contribution in [0.15, 0.2) is 36.5 Å². The molecular weight excluding hydrogens is 328 g/mol. The van der Waals surface area contributed by atoms with Crippen molar-refractivity contribution in [3.8, 4) is 0 Å². The number of aromatic nitrogens is 1. The lowest BCUT2D eigenvalue weighted by molar-refractivity contribution is 0.0913. The van der Waals surface area contributed by atoms with Gasteiger partial charge in [0.1, 0.15) is 0 Å². The van der Waals surface area contributed by atoms with Crippen LogP contribution in [0.4, 0.5) is 0 Å². The van der Waals surface area contributed by atoms with E-state index in [0.29, 0.717) is 11.5 Å². The standard InChI is InChI=1S/C17H19BrN2O/c18-11-13-5-1-2-9-15(13)20-17(21)14-8-3-6-12-7-4-10-19-16(12)14/h3-4,6-8,10,13,15H,1-2,5,9,11H2,(H,20,21). The van der Waals surface area contributed by atoms with Crippen molar-refractivity contribution in [1.82, 2.24) is 10.3 Å². The molecule has 4 heteroatoms. The van der Waals surface area contributed by atoms with Crippen molar-refractivity contribution < 1.29 is 4.79 Å². The molecule has 0 saturated heterocycles. The lowest BCUT2D eigenvalue weighted by Crippen LogP contribution is -2.42. The maximum Gasteiger partial charge on any atom is 0.253 e. The molecule has 1 heterocycles. The largest absolute Gasteiger partial charge is 0.349 e. The number of nitrogens with zero attached hydrogens (tertiary/aromatic N) is 1. The summed E-state index contributed by atoms with van der Waals surface area (Å²) >= 11 is 3.57. The van der Waals surface area contributed by atoms with Crippen LogP contribution >= 0.6 is 15.9 Å². The molecule has 1 aromatic carbocycles. The number of carbonyl (C=O) groups is 1. The van der Waals surface area contributed by atoms with Crippen molar-refractivity contribution in [3.05, 3.63) is 42.1 Å². The van der Waals surface area contributed by atoms with E-state index < -0.39 is 0 Å². The molecule has 21 heavy (non-hydrogen) atoms. The second kappa shape index (κ2) is 6.56.